The highest BCUT2D eigenvalue weighted by atomic mass is 15.2. The van der Waals surface area contributed by atoms with E-state index >= 15 is 0 Å². The minimum atomic E-state index is 0.424. The Morgan fingerprint density at radius 1 is 0.933 bits per heavy atom. The quantitative estimate of drug-likeness (QED) is 0.331. The zero-order valence-electron chi connectivity index (χ0n) is 29.3. The minimum Gasteiger partial charge on any atom is -0.381 e. The van der Waals surface area contributed by atoms with E-state index in [-0.39, 0.29) is 0 Å². The first-order valence-corrected chi connectivity index (χ1v) is 17.6. The van der Waals surface area contributed by atoms with Crippen molar-refractivity contribution >= 4 is 5.70 Å². The number of rotatable bonds is 6. The number of benzene rings is 2. The predicted octanol–water partition coefficient (Wildman–Crippen LogP) is 11.8. The van der Waals surface area contributed by atoms with Crippen LogP contribution < -0.4 is 5.32 Å². The second kappa shape index (κ2) is 18.9. The Labute approximate surface area is 275 Å². The van der Waals surface area contributed by atoms with E-state index in [4.69, 9.17) is 0 Å². The lowest BCUT2D eigenvalue weighted by Crippen LogP contribution is -2.41. The Hall–Kier alpha value is -3.78. The highest BCUT2D eigenvalue weighted by molar-refractivity contribution is 5.78. The molecular weight excluding hydrogens is 544 g/mol. The number of hydrogen-bond acceptors (Lipinski definition) is 2. The van der Waals surface area contributed by atoms with Crippen molar-refractivity contribution in [3.05, 3.63) is 137 Å². The van der Waals surface area contributed by atoms with Crippen LogP contribution in [0.4, 0.5) is 0 Å². The molecule has 1 aliphatic carbocycles. The van der Waals surface area contributed by atoms with E-state index in [2.05, 4.69) is 147 Å². The number of dihydropyridines is 1. The van der Waals surface area contributed by atoms with Crippen LogP contribution in [-0.4, -0.2) is 24.0 Å². The summed E-state index contributed by atoms with van der Waals surface area (Å²) in [5.74, 6) is 1.16. The molecule has 2 nitrogen and oxygen atoms in total. The molecule has 45 heavy (non-hydrogen) atoms. The van der Waals surface area contributed by atoms with Crippen LogP contribution in [0.3, 0.4) is 0 Å². The molecule has 0 saturated carbocycles. The van der Waals surface area contributed by atoms with Crippen LogP contribution in [0.5, 0.6) is 0 Å². The van der Waals surface area contributed by atoms with E-state index in [1.165, 1.54) is 57.6 Å². The second-order valence-electron chi connectivity index (χ2n) is 11.9. The standard InChI is InChI=1S/C28H33N.C11H13N.2C2H6/c1-5-6-12-27-21(4)25-14-13-24(23-10-8-7-9-11-23)19-26(25)28-18-22(17-20(2)3)15-16-29(27)28;1-2-6-10(7-3-1)11-8-4-5-9-12-11;2*1-2/h6-15,18-21,27H,5,16-17H2,1-4H3;2,4-8,12H,1,3,9H2;2*1-2H3/t21-,27?;;;/m1.../s1. The van der Waals surface area contributed by atoms with E-state index in [9.17, 15) is 0 Å². The molecule has 1 N–H and O–H groups in total. The maximum absolute atomic E-state index is 3.34. The van der Waals surface area contributed by atoms with Gasteiger partial charge in [-0.25, -0.2) is 0 Å². The number of nitrogens with one attached hydrogen (secondary N) is 1. The van der Waals surface area contributed by atoms with Gasteiger partial charge in [0.1, 0.15) is 0 Å². The molecule has 0 bridgehead atoms. The lowest BCUT2D eigenvalue weighted by atomic mass is 9.79. The zero-order valence-corrected chi connectivity index (χ0v) is 29.3. The van der Waals surface area contributed by atoms with Crippen molar-refractivity contribution in [3.8, 4) is 11.1 Å². The highest BCUT2D eigenvalue weighted by Crippen LogP contribution is 2.43. The van der Waals surface area contributed by atoms with Gasteiger partial charge in [0, 0.05) is 36.0 Å². The lowest BCUT2D eigenvalue weighted by Gasteiger charge is -2.44. The Kier molecular flexibility index (Phi) is 15.0. The largest absolute Gasteiger partial charge is 0.381 e. The summed E-state index contributed by atoms with van der Waals surface area (Å²) in [5.41, 5.74) is 11.0. The van der Waals surface area contributed by atoms with Crippen molar-refractivity contribution < 1.29 is 0 Å². The first-order chi connectivity index (χ1) is 22.0. The molecular formula is C43H58N2. The monoisotopic (exact) mass is 602 g/mol. The molecule has 0 radical (unpaired) electrons. The van der Waals surface area contributed by atoms with Gasteiger partial charge in [0.2, 0.25) is 0 Å². The topological polar surface area (TPSA) is 15.3 Å². The summed E-state index contributed by atoms with van der Waals surface area (Å²) in [5, 5.41) is 3.34. The number of allylic oxidation sites excluding steroid dienone is 8. The van der Waals surface area contributed by atoms with E-state index in [1.54, 1.807) is 0 Å². The summed E-state index contributed by atoms with van der Waals surface area (Å²) in [6.45, 7) is 19.2. The fourth-order valence-electron chi connectivity index (χ4n) is 6.22. The molecule has 2 atom stereocenters. The van der Waals surface area contributed by atoms with Gasteiger partial charge in [-0.3, -0.25) is 0 Å². The van der Waals surface area contributed by atoms with E-state index < -0.39 is 0 Å². The van der Waals surface area contributed by atoms with Gasteiger partial charge in [0.25, 0.3) is 0 Å². The molecule has 3 aliphatic heterocycles. The third kappa shape index (κ3) is 9.60. The van der Waals surface area contributed by atoms with Crippen LogP contribution in [0.2, 0.25) is 0 Å². The SMILES string of the molecule is C1=CCNC(C2=CCCC=C2)=C1.CC.CC.CCC=CC1[C@H](C)c2ccc(-c3ccccc3)cc2C2=CC(CC(C)C)=CCN21. The number of nitrogens with zero attached hydrogens (tertiary/aromatic N) is 1. The third-order valence-corrected chi connectivity index (χ3v) is 8.31. The van der Waals surface area contributed by atoms with E-state index in [0.717, 1.165) is 25.9 Å². The molecule has 240 valence electrons. The first kappa shape index (κ1) is 35.7. The molecule has 6 rings (SSSR count). The summed E-state index contributed by atoms with van der Waals surface area (Å²) in [6.07, 6.45) is 27.3. The van der Waals surface area contributed by atoms with Crippen LogP contribution in [0.25, 0.3) is 16.8 Å². The molecule has 0 saturated heterocycles. The summed E-state index contributed by atoms with van der Waals surface area (Å²) in [4.78, 5) is 2.61. The Morgan fingerprint density at radius 3 is 2.36 bits per heavy atom. The van der Waals surface area contributed by atoms with Crippen LogP contribution in [0.15, 0.2) is 126 Å². The Morgan fingerprint density at radius 2 is 1.71 bits per heavy atom. The predicted molar refractivity (Wildman–Crippen MR) is 200 cm³/mol. The van der Waals surface area contributed by atoms with Crippen LogP contribution in [0.1, 0.15) is 98.1 Å². The average Bonchev–Trinajstić information content (AvgIpc) is 3.11. The maximum Gasteiger partial charge on any atom is 0.0542 e. The molecule has 0 amide bonds. The molecule has 0 aromatic heterocycles. The fourth-order valence-corrected chi connectivity index (χ4v) is 6.22. The third-order valence-electron chi connectivity index (χ3n) is 8.31. The van der Waals surface area contributed by atoms with Crippen LogP contribution in [-0.2, 0) is 0 Å². The van der Waals surface area contributed by atoms with Crippen molar-refractivity contribution in [1.82, 2.24) is 10.2 Å². The van der Waals surface area contributed by atoms with Crippen molar-refractivity contribution in [2.45, 2.75) is 93.0 Å². The van der Waals surface area contributed by atoms with Gasteiger partial charge in [-0.2, -0.15) is 0 Å². The molecule has 2 heteroatoms. The summed E-state index contributed by atoms with van der Waals surface area (Å²) < 4.78 is 0. The van der Waals surface area contributed by atoms with Crippen molar-refractivity contribution in [3.63, 3.8) is 0 Å². The summed E-state index contributed by atoms with van der Waals surface area (Å²) in [6, 6.07) is 18.3. The van der Waals surface area contributed by atoms with Gasteiger partial charge >= 0.3 is 0 Å². The number of fused-ring (bicyclic) bond motifs is 3. The highest BCUT2D eigenvalue weighted by Gasteiger charge is 2.34. The minimum absolute atomic E-state index is 0.424. The molecule has 3 heterocycles. The second-order valence-corrected chi connectivity index (χ2v) is 11.9. The lowest BCUT2D eigenvalue weighted by molar-refractivity contribution is 0.316. The molecule has 0 spiro atoms. The molecule has 0 fully saturated rings. The van der Waals surface area contributed by atoms with E-state index in [1.807, 2.05) is 27.7 Å². The van der Waals surface area contributed by atoms with Gasteiger partial charge in [-0.15, -0.1) is 0 Å². The molecule has 2 aromatic rings. The molecule has 4 aliphatic rings. The van der Waals surface area contributed by atoms with Crippen LogP contribution >= 0.6 is 0 Å². The fraction of sp³-hybridized carbons (Fsp3) is 0.395. The van der Waals surface area contributed by atoms with Crippen LogP contribution in [0, 0.1) is 5.92 Å². The van der Waals surface area contributed by atoms with Crippen molar-refractivity contribution in [1.29, 1.82) is 0 Å². The maximum atomic E-state index is 3.34. The molecule has 1 unspecified atom stereocenters. The normalized spacial score (nSPS) is 19.5. The van der Waals surface area contributed by atoms with Crippen molar-refractivity contribution in [2.24, 2.45) is 5.92 Å². The smallest absolute Gasteiger partial charge is 0.0542 e. The van der Waals surface area contributed by atoms with Gasteiger partial charge < -0.3 is 10.2 Å². The Bertz CT molecular complexity index is 1410. The number of hydrogen-bond donors (Lipinski definition) is 1. The summed E-state index contributed by atoms with van der Waals surface area (Å²) in [7, 11) is 0. The first-order valence-electron chi connectivity index (χ1n) is 17.6. The molecule has 2 aromatic carbocycles. The van der Waals surface area contributed by atoms with Gasteiger partial charge in [-0.1, -0.05) is 146 Å². The Balaban J connectivity index is 0.000000287. The van der Waals surface area contributed by atoms with Crippen molar-refractivity contribution in [2.75, 3.05) is 13.1 Å². The van der Waals surface area contributed by atoms with Gasteiger partial charge in [0.05, 0.1) is 6.04 Å². The van der Waals surface area contributed by atoms with Gasteiger partial charge in [-0.05, 0) is 77.7 Å². The average molecular weight is 603 g/mol. The van der Waals surface area contributed by atoms with Gasteiger partial charge in [0.15, 0.2) is 0 Å². The zero-order chi connectivity index (χ0) is 32.6. The summed E-state index contributed by atoms with van der Waals surface area (Å²) >= 11 is 0. The van der Waals surface area contributed by atoms with E-state index in [0.29, 0.717) is 17.9 Å².